The topological polar surface area (TPSA) is 51.5 Å². The maximum Gasteiger partial charge on any atom is 0.293 e. The van der Waals surface area contributed by atoms with Gasteiger partial charge in [0.1, 0.15) is 18.2 Å². The lowest BCUT2D eigenvalue weighted by molar-refractivity contribution is -0.122. The van der Waals surface area contributed by atoms with E-state index in [1.807, 2.05) is 44.2 Å². The predicted octanol–water partition coefficient (Wildman–Crippen LogP) is 5.87. The van der Waals surface area contributed by atoms with Gasteiger partial charge in [0.05, 0.1) is 4.91 Å². The fraction of sp³-hybridized carbons (Fsp3) is 0.200. The van der Waals surface area contributed by atoms with Crippen LogP contribution in [0.15, 0.2) is 59.5 Å². The van der Waals surface area contributed by atoms with Crippen LogP contribution in [0.2, 0.25) is 0 Å². The molecule has 0 bridgehead atoms. The standard InChI is InChI=1S/C25H23FN2O3S/c1-4-27-24(29)23(32-25(27)30)14-19-13-16(2)28(17(19)3)21-9-11-22(12-10-21)31-15-18-5-7-20(26)8-6-18/h5-14H,4,15H2,1-3H3/b23-14+. The van der Waals surface area contributed by atoms with Crippen LogP contribution in [0.25, 0.3) is 11.8 Å². The zero-order valence-electron chi connectivity index (χ0n) is 18.1. The average molecular weight is 451 g/mol. The number of carbonyl (C=O) groups excluding carboxylic acids is 2. The first kappa shape index (κ1) is 21.9. The number of hydrogen-bond acceptors (Lipinski definition) is 4. The first-order valence-corrected chi connectivity index (χ1v) is 11.1. The van der Waals surface area contributed by atoms with E-state index >= 15 is 0 Å². The molecule has 0 spiro atoms. The van der Waals surface area contributed by atoms with Crippen molar-refractivity contribution < 1.29 is 18.7 Å². The Balaban J connectivity index is 1.52. The van der Waals surface area contributed by atoms with Crippen molar-refractivity contribution in [2.24, 2.45) is 0 Å². The van der Waals surface area contributed by atoms with Gasteiger partial charge in [-0.15, -0.1) is 0 Å². The molecule has 0 saturated carbocycles. The van der Waals surface area contributed by atoms with Crippen LogP contribution in [0, 0.1) is 19.7 Å². The number of hydrogen-bond donors (Lipinski definition) is 0. The van der Waals surface area contributed by atoms with Gasteiger partial charge in [-0.05, 0) is 92.2 Å². The molecular weight excluding hydrogens is 427 g/mol. The molecule has 1 aromatic heterocycles. The largest absolute Gasteiger partial charge is 0.489 e. The Hall–Kier alpha value is -3.32. The van der Waals surface area contributed by atoms with Crippen LogP contribution >= 0.6 is 11.8 Å². The van der Waals surface area contributed by atoms with E-state index in [9.17, 15) is 14.0 Å². The molecule has 164 valence electrons. The van der Waals surface area contributed by atoms with Gasteiger partial charge >= 0.3 is 0 Å². The normalized spacial score (nSPS) is 15.1. The van der Waals surface area contributed by atoms with E-state index in [-0.39, 0.29) is 17.0 Å². The van der Waals surface area contributed by atoms with E-state index in [0.29, 0.717) is 23.8 Å². The number of thioether (sulfide) groups is 1. The van der Waals surface area contributed by atoms with Crippen LogP contribution in [0.3, 0.4) is 0 Å². The maximum atomic E-state index is 13.0. The monoisotopic (exact) mass is 450 g/mol. The molecule has 1 aliphatic heterocycles. The lowest BCUT2D eigenvalue weighted by Crippen LogP contribution is -2.27. The summed E-state index contributed by atoms with van der Waals surface area (Å²) >= 11 is 0.979. The van der Waals surface area contributed by atoms with Crippen LogP contribution in [-0.2, 0) is 11.4 Å². The molecule has 5 nitrogen and oxygen atoms in total. The molecule has 0 unspecified atom stereocenters. The van der Waals surface area contributed by atoms with Crippen LogP contribution in [0.5, 0.6) is 5.75 Å². The zero-order chi connectivity index (χ0) is 22.8. The molecule has 0 atom stereocenters. The number of benzene rings is 2. The number of ether oxygens (including phenoxy) is 1. The molecule has 3 aromatic rings. The Labute approximate surface area is 190 Å². The molecule has 2 amide bonds. The highest BCUT2D eigenvalue weighted by atomic mass is 32.2. The van der Waals surface area contributed by atoms with Gasteiger partial charge in [0, 0.05) is 23.6 Å². The molecule has 0 radical (unpaired) electrons. The Morgan fingerprint density at radius 1 is 1.03 bits per heavy atom. The second-order valence-corrected chi connectivity index (χ2v) is 8.49. The summed E-state index contributed by atoms with van der Waals surface area (Å²) in [6, 6.07) is 16.0. The third-order valence-corrected chi connectivity index (χ3v) is 6.27. The number of carbonyl (C=O) groups is 2. The fourth-order valence-corrected chi connectivity index (χ4v) is 4.58. The summed E-state index contributed by atoms with van der Waals surface area (Å²) in [6.07, 6.45) is 1.79. The fourth-order valence-electron chi connectivity index (χ4n) is 3.68. The van der Waals surface area contributed by atoms with E-state index in [0.717, 1.165) is 40.0 Å². The second-order valence-electron chi connectivity index (χ2n) is 7.50. The molecule has 4 rings (SSSR count). The Morgan fingerprint density at radius 2 is 1.72 bits per heavy atom. The number of halogens is 1. The van der Waals surface area contributed by atoms with Crippen LogP contribution in [0.4, 0.5) is 9.18 Å². The molecule has 1 saturated heterocycles. The summed E-state index contributed by atoms with van der Waals surface area (Å²) < 4.78 is 20.9. The van der Waals surface area contributed by atoms with Gasteiger partial charge in [-0.3, -0.25) is 14.5 Å². The minimum Gasteiger partial charge on any atom is -0.489 e. The van der Waals surface area contributed by atoms with Crippen molar-refractivity contribution in [2.45, 2.75) is 27.4 Å². The van der Waals surface area contributed by atoms with Crippen LogP contribution in [0.1, 0.15) is 29.4 Å². The second kappa shape index (κ2) is 9.04. The van der Waals surface area contributed by atoms with Crippen molar-refractivity contribution in [2.75, 3.05) is 6.54 Å². The van der Waals surface area contributed by atoms with Crippen LogP contribution in [-0.4, -0.2) is 27.2 Å². The lowest BCUT2D eigenvalue weighted by Gasteiger charge is -2.12. The highest BCUT2D eigenvalue weighted by Gasteiger charge is 2.33. The number of likely N-dealkylation sites (N-methyl/N-ethyl adjacent to an activating group) is 1. The molecule has 1 aliphatic rings. The third kappa shape index (κ3) is 4.34. The molecule has 1 fully saturated rings. The quantitative estimate of drug-likeness (QED) is 0.441. The van der Waals surface area contributed by atoms with E-state index in [1.54, 1.807) is 25.1 Å². The molecule has 2 aromatic carbocycles. The lowest BCUT2D eigenvalue weighted by atomic mass is 10.2. The van der Waals surface area contributed by atoms with Crippen molar-refractivity contribution in [1.29, 1.82) is 0 Å². The molecule has 32 heavy (non-hydrogen) atoms. The summed E-state index contributed by atoms with van der Waals surface area (Å²) in [4.78, 5) is 26.1. The number of amides is 2. The Morgan fingerprint density at radius 3 is 2.34 bits per heavy atom. The van der Waals surface area contributed by atoms with Gasteiger partial charge < -0.3 is 9.30 Å². The summed E-state index contributed by atoms with van der Waals surface area (Å²) in [5.41, 5.74) is 4.76. The van der Waals surface area contributed by atoms with E-state index < -0.39 is 0 Å². The van der Waals surface area contributed by atoms with Gasteiger partial charge in [-0.2, -0.15) is 0 Å². The van der Waals surface area contributed by atoms with Gasteiger partial charge in [-0.1, -0.05) is 12.1 Å². The van der Waals surface area contributed by atoms with E-state index in [1.165, 1.54) is 17.0 Å². The minimum atomic E-state index is -0.268. The smallest absolute Gasteiger partial charge is 0.293 e. The van der Waals surface area contributed by atoms with Gasteiger partial charge in [-0.25, -0.2) is 4.39 Å². The molecular formula is C25H23FN2O3S. The highest BCUT2D eigenvalue weighted by molar-refractivity contribution is 8.18. The molecule has 7 heteroatoms. The van der Waals surface area contributed by atoms with E-state index in [2.05, 4.69) is 4.57 Å². The summed E-state index contributed by atoms with van der Waals surface area (Å²) in [5.74, 6) is 0.208. The maximum absolute atomic E-state index is 13.0. The number of aryl methyl sites for hydroxylation is 1. The first-order valence-electron chi connectivity index (χ1n) is 10.3. The van der Waals surface area contributed by atoms with Crippen molar-refractivity contribution in [1.82, 2.24) is 9.47 Å². The number of rotatable bonds is 6. The highest BCUT2D eigenvalue weighted by Crippen LogP contribution is 2.33. The molecule has 0 N–H and O–H groups in total. The Bertz CT molecular complexity index is 1200. The van der Waals surface area contributed by atoms with Gasteiger partial charge in [0.2, 0.25) is 0 Å². The number of aromatic nitrogens is 1. The van der Waals surface area contributed by atoms with E-state index in [4.69, 9.17) is 4.74 Å². The van der Waals surface area contributed by atoms with Gasteiger partial charge in [0.15, 0.2) is 0 Å². The number of imide groups is 1. The van der Waals surface area contributed by atoms with Crippen molar-refractivity contribution >= 4 is 29.0 Å². The van der Waals surface area contributed by atoms with Gasteiger partial charge in [0.25, 0.3) is 11.1 Å². The predicted molar refractivity (Wildman–Crippen MR) is 124 cm³/mol. The zero-order valence-corrected chi connectivity index (χ0v) is 18.9. The number of nitrogens with zero attached hydrogens (tertiary/aromatic N) is 2. The summed E-state index contributed by atoms with van der Waals surface area (Å²) in [5, 5.41) is -0.228. The van der Waals surface area contributed by atoms with Crippen LogP contribution < -0.4 is 4.74 Å². The summed E-state index contributed by atoms with van der Waals surface area (Å²) in [7, 11) is 0. The average Bonchev–Trinajstić information content (AvgIpc) is 3.21. The van der Waals surface area contributed by atoms with Crippen molar-refractivity contribution in [3.8, 4) is 11.4 Å². The van der Waals surface area contributed by atoms with Crippen molar-refractivity contribution in [3.05, 3.63) is 87.8 Å². The Kier molecular flexibility index (Phi) is 6.19. The minimum absolute atomic E-state index is 0.228. The molecule has 2 heterocycles. The molecule has 0 aliphatic carbocycles. The summed E-state index contributed by atoms with van der Waals surface area (Å²) in [6.45, 7) is 6.51. The van der Waals surface area contributed by atoms with Crippen molar-refractivity contribution in [3.63, 3.8) is 0 Å². The third-order valence-electron chi connectivity index (χ3n) is 5.36. The first-order chi connectivity index (χ1) is 15.4. The SMILES string of the molecule is CCN1C(=O)S/C(=C/c2cc(C)n(-c3ccc(OCc4ccc(F)cc4)cc3)c2C)C1=O.